The lowest BCUT2D eigenvalue weighted by molar-refractivity contribution is 0.116. The van der Waals surface area contributed by atoms with Crippen LogP contribution in [-0.2, 0) is 11.3 Å². The third-order valence-electron chi connectivity index (χ3n) is 6.29. The molecule has 2 aliphatic heterocycles. The van der Waals surface area contributed by atoms with Crippen LogP contribution in [0.25, 0.3) is 0 Å². The van der Waals surface area contributed by atoms with Crippen LogP contribution in [0.5, 0.6) is 0 Å². The van der Waals surface area contributed by atoms with E-state index in [4.69, 9.17) is 4.74 Å². The lowest BCUT2D eigenvalue weighted by Gasteiger charge is -2.28. The van der Waals surface area contributed by atoms with Gasteiger partial charge in [-0.3, -0.25) is 4.90 Å². The van der Waals surface area contributed by atoms with E-state index in [0.29, 0.717) is 0 Å². The maximum absolute atomic E-state index is 5.76. The van der Waals surface area contributed by atoms with Crippen LogP contribution in [0.2, 0.25) is 0 Å². The summed E-state index contributed by atoms with van der Waals surface area (Å²) in [6.07, 6.45) is 15.5. The fourth-order valence-corrected chi connectivity index (χ4v) is 4.93. The topological polar surface area (TPSA) is 12.5 Å². The quantitative estimate of drug-likeness (QED) is 0.460. The lowest BCUT2D eigenvalue weighted by atomic mass is 10.0. The summed E-state index contributed by atoms with van der Waals surface area (Å²) in [5.41, 5.74) is 1.28. The summed E-state index contributed by atoms with van der Waals surface area (Å²) in [5, 5.41) is 0. The molecule has 0 spiro atoms. The van der Waals surface area contributed by atoms with Crippen molar-refractivity contribution in [3.05, 3.63) is 35.9 Å². The molecule has 0 radical (unpaired) electrons. The Bertz CT molecular complexity index is 474. The van der Waals surface area contributed by atoms with E-state index in [1.54, 1.807) is 0 Å². The predicted molar refractivity (Wildman–Crippen MR) is 106 cm³/mol. The van der Waals surface area contributed by atoms with Crippen molar-refractivity contribution in [1.82, 2.24) is 4.90 Å². The van der Waals surface area contributed by atoms with Crippen molar-refractivity contribution >= 4 is 0 Å². The maximum Gasteiger partial charge on any atom is 0.0716 e. The standard InChI is InChI=1S/C23H37NO/c1-20-14-15-23-17-16-22(24(20)23)13-9-4-2-3-5-10-18-25-19-21-11-7-6-8-12-21/h6-8,11-12,20,22-23H,2-5,9-10,13-19H2,1H3/t20-,22+,23+/m1/s1. The zero-order valence-corrected chi connectivity index (χ0v) is 16.2. The Kier molecular flexibility index (Phi) is 7.81. The molecule has 2 heteroatoms. The first kappa shape index (κ1) is 18.9. The Morgan fingerprint density at radius 2 is 1.60 bits per heavy atom. The number of hydrogen-bond acceptors (Lipinski definition) is 2. The average Bonchev–Trinajstić information content (AvgIpc) is 3.21. The number of fused-ring (bicyclic) bond motifs is 1. The number of benzene rings is 1. The van der Waals surface area contributed by atoms with E-state index in [-0.39, 0.29) is 0 Å². The number of ether oxygens (including phenoxy) is 1. The van der Waals surface area contributed by atoms with Gasteiger partial charge in [0.05, 0.1) is 6.61 Å². The van der Waals surface area contributed by atoms with Gasteiger partial charge in [0.15, 0.2) is 0 Å². The summed E-state index contributed by atoms with van der Waals surface area (Å²) in [5.74, 6) is 0. The molecule has 0 aliphatic carbocycles. The summed E-state index contributed by atoms with van der Waals surface area (Å²) >= 11 is 0. The van der Waals surface area contributed by atoms with E-state index in [1.165, 1.54) is 76.2 Å². The Morgan fingerprint density at radius 3 is 2.44 bits per heavy atom. The smallest absolute Gasteiger partial charge is 0.0716 e. The molecule has 3 atom stereocenters. The van der Waals surface area contributed by atoms with Crippen LogP contribution in [0.3, 0.4) is 0 Å². The molecular formula is C23H37NO. The van der Waals surface area contributed by atoms with Crippen molar-refractivity contribution < 1.29 is 4.74 Å². The largest absolute Gasteiger partial charge is 0.377 e. The molecule has 2 heterocycles. The highest BCUT2D eigenvalue weighted by molar-refractivity contribution is 5.13. The van der Waals surface area contributed by atoms with Crippen molar-refractivity contribution in [1.29, 1.82) is 0 Å². The van der Waals surface area contributed by atoms with Gasteiger partial charge in [-0.1, -0.05) is 62.4 Å². The lowest BCUT2D eigenvalue weighted by Crippen LogP contribution is -2.36. The zero-order valence-electron chi connectivity index (χ0n) is 16.2. The van der Waals surface area contributed by atoms with E-state index in [0.717, 1.165) is 31.3 Å². The Labute approximate surface area is 154 Å². The molecule has 2 saturated heterocycles. The van der Waals surface area contributed by atoms with Crippen LogP contribution in [0.4, 0.5) is 0 Å². The minimum atomic E-state index is 0.762. The highest BCUT2D eigenvalue weighted by atomic mass is 16.5. The second-order valence-electron chi connectivity index (χ2n) is 8.21. The second kappa shape index (κ2) is 10.3. The fraction of sp³-hybridized carbons (Fsp3) is 0.739. The van der Waals surface area contributed by atoms with Crippen molar-refractivity contribution in [2.45, 2.75) is 102 Å². The van der Waals surface area contributed by atoms with Crippen LogP contribution in [0, 0.1) is 0 Å². The highest BCUT2D eigenvalue weighted by Gasteiger charge is 2.39. The van der Waals surface area contributed by atoms with E-state index in [1.807, 2.05) is 0 Å². The number of nitrogens with zero attached hydrogens (tertiary/aromatic N) is 1. The van der Waals surface area contributed by atoms with Crippen LogP contribution in [-0.4, -0.2) is 29.6 Å². The van der Waals surface area contributed by atoms with E-state index in [2.05, 4.69) is 42.2 Å². The van der Waals surface area contributed by atoms with Crippen LogP contribution in [0.1, 0.15) is 83.1 Å². The van der Waals surface area contributed by atoms with Crippen LogP contribution in [0.15, 0.2) is 30.3 Å². The third-order valence-corrected chi connectivity index (χ3v) is 6.29. The summed E-state index contributed by atoms with van der Waals surface area (Å²) in [6.45, 7) is 4.11. The van der Waals surface area contributed by atoms with Gasteiger partial charge >= 0.3 is 0 Å². The molecule has 2 fully saturated rings. The Balaban J connectivity index is 1.13. The molecule has 25 heavy (non-hydrogen) atoms. The number of hydrogen-bond donors (Lipinski definition) is 0. The predicted octanol–water partition coefficient (Wildman–Crippen LogP) is 5.95. The van der Waals surface area contributed by atoms with Gasteiger partial charge < -0.3 is 4.74 Å². The van der Waals surface area contributed by atoms with Gasteiger partial charge in [0.1, 0.15) is 0 Å². The molecule has 0 bridgehead atoms. The first-order valence-electron chi connectivity index (χ1n) is 10.7. The van der Waals surface area contributed by atoms with E-state index >= 15 is 0 Å². The van der Waals surface area contributed by atoms with Crippen molar-refractivity contribution in [2.24, 2.45) is 0 Å². The highest BCUT2D eigenvalue weighted by Crippen LogP contribution is 2.38. The number of unbranched alkanes of at least 4 members (excludes halogenated alkanes) is 5. The molecule has 1 aromatic carbocycles. The van der Waals surface area contributed by atoms with Crippen molar-refractivity contribution in [3.8, 4) is 0 Å². The Hall–Kier alpha value is -0.860. The van der Waals surface area contributed by atoms with E-state index < -0.39 is 0 Å². The first-order chi connectivity index (χ1) is 12.3. The Morgan fingerprint density at radius 1 is 0.880 bits per heavy atom. The van der Waals surface area contributed by atoms with Gasteiger partial charge in [0, 0.05) is 24.7 Å². The molecule has 0 unspecified atom stereocenters. The summed E-state index contributed by atoms with van der Waals surface area (Å²) in [6, 6.07) is 13.2. The molecule has 140 valence electrons. The first-order valence-corrected chi connectivity index (χ1v) is 10.7. The second-order valence-corrected chi connectivity index (χ2v) is 8.21. The van der Waals surface area contributed by atoms with Gasteiger partial charge in [-0.25, -0.2) is 0 Å². The monoisotopic (exact) mass is 343 g/mol. The normalized spacial score (nSPS) is 26.2. The van der Waals surface area contributed by atoms with Crippen molar-refractivity contribution in [2.75, 3.05) is 6.61 Å². The van der Waals surface area contributed by atoms with Gasteiger partial charge in [-0.15, -0.1) is 0 Å². The molecule has 3 rings (SSSR count). The molecule has 2 nitrogen and oxygen atoms in total. The minimum Gasteiger partial charge on any atom is -0.377 e. The molecule has 0 amide bonds. The molecule has 0 N–H and O–H groups in total. The van der Waals surface area contributed by atoms with Crippen LogP contribution < -0.4 is 0 Å². The molecule has 0 aromatic heterocycles. The zero-order chi connectivity index (χ0) is 17.3. The summed E-state index contributed by atoms with van der Waals surface area (Å²) in [4.78, 5) is 2.87. The summed E-state index contributed by atoms with van der Waals surface area (Å²) < 4.78 is 5.76. The minimum absolute atomic E-state index is 0.762. The SMILES string of the molecule is C[C@@H]1CC[C@H]2CC[C@H](CCCCCCCCOCc3ccccc3)N21. The van der Waals surface area contributed by atoms with Crippen molar-refractivity contribution in [3.63, 3.8) is 0 Å². The van der Waals surface area contributed by atoms with Crippen LogP contribution >= 0.6 is 0 Å². The van der Waals surface area contributed by atoms with Gasteiger partial charge in [0.2, 0.25) is 0 Å². The number of rotatable bonds is 11. The molecular weight excluding hydrogens is 306 g/mol. The molecule has 2 aliphatic rings. The fourth-order valence-electron chi connectivity index (χ4n) is 4.93. The third kappa shape index (κ3) is 5.82. The molecule has 0 saturated carbocycles. The average molecular weight is 344 g/mol. The van der Waals surface area contributed by atoms with E-state index in [9.17, 15) is 0 Å². The van der Waals surface area contributed by atoms with Gasteiger partial charge in [-0.2, -0.15) is 0 Å². The van der Waals surface area contributed by atoms with Gasteiger partial charge in [-0.05, 0) is 51.0 Å². The maximum atomic E-state index is 5.76. The summed E-state index contributed by atoms with van der Waals surface area (Å²) in [7, 11) is 0. The molecule has 1 aromatic rings. The van der Waals surface area contributed by atoms with Gasteiger partial charge in [0.25, 0.3) is 0 Å².